The molecule has 4 nitrogen and oxygen atoms in total. The minimum absolute atomic E-state index is 0.441. The third kappa shape index (κ3) is 4.14. The van der Waals surface area contributed by atoms with E-state index in [-0.39, 0.29) is 0 Å². The lowest BCUT2D eigenvalue weighted by atomic mass is 10.2. The van der Waals surface area contributed by atoms with Crippen molar-refractivity contribution in [1.29, 1.82) is 0 Å². The van der Waals surface area contributed by atoms with Crippen molar-refractivity contribution in [2.45, 2.75) is 26.4 Å². The molecule has 0 aromatic heterocycles. The Hall–Kier alpha value is -1.46. The highest BCUT2D eigenvalue weighted by Gasteiger charge is 2.31. The zero-order valence-corrected chi connectivity index (χ0v) is 14.9. The molecular weight excluding hydrogens is 351 g/mol. The van der Waals surface area contributed by atoms with Crippen LogP contribution in [0.3, 0.4) is 0 Å². The van der Waals surface area contributed by atoms with E-state index in [4.69, 9.17) is 42.1 Å². The molecule has 0 amide bonds. The van der Waals surface area contributed by atoms with E-state index >= 15 is 0 Å². The molecule has 3 rings (SSSR count). The highest BCUT2D eigenvalue weighted by Crippen LogP contribution is 2.27. The van der Waals surface area contributed by atoms with Gasteiger partial charge in [0.2, 0.25) is 0 Å². The molecule has 2 unspecified atom stereocenters. The van der Waals surface area contributed by atoms with Gasteiger partial charge in [-0.05, 0) is 61.4 Å². The summed E-state index contributed by atoms with van der Waals surface area (Å²) in [6.45, 7) is 4.72. The SMILES string of the molecule is Cc1cc(OC2OCCOC2Oc2ccc(Cl)cc2C)ccc1Cl. The van der Waals surface area contributed by atoms with Crippen molar-refractivity contribution < 1.29 is 18.9 Å². The number of halogens is 2. The molecule has 1 aliphatic rings. The summed E-state index contributed by atoms with van der Waals surface area (Å²) >= 11 is 12.0. The van der Waals surface area contributed by atoms with Crippen LogP contribution in [0.5, 0.6) is 11.5 Å². The van der Waals surface area contributed by atoms with Gasteiger partial charge in [0.15, 0.2) is 0 Å². The molecule has 24 heavy (non-hydrogen) atoms. The van der Waals surface area contributed by atoms with Gasteiger partial charge in [0.1, 0.15) is 11.5 Å². The Kier molecular flexibility index (Phi) is 5.51. The van der Waals surface area contributed by atoms with Crippen LogP contribution in [0.4, 0.5) is 0 Å². The van der Waals surface area contributed by atoms with Crippen LogP contribution in [0.1, 0.15) is 11.1 Å². The molecule has 0 saturated carbocycles. The highest BCUT2D eigenvalue weighted by atomic mass is 35.5. The summed E-state index contributed by atoms with van der Waals surface area (Å²) in [5.41, 5.74) is 1.84. The zero-order chi connectivity index (χ0) is 17.1. The number of hydrogen-bond acceptors (Lipinski definition) is 4. The van der Waals surface area contributed by atoms with Crippen LogP contribution < -0.4 is 9.47 Å². The maximum Gasteiger partial charge on any atom is 0.263 e. The minimum atomic E-state index is -0.672. The average Bonchev–Trinajstić information content (AvgIpc) is 2.55. The van der Waals surface area contributed by atoms with Crippen LogP contribution in [0.25, 0.3) is 0 Å². The molecule has 128 valence electrons. The molecule has 0 aliphatic carbocycles. The molecule has 0 N–H and O–H groups in total. The molecule has 6 heteroatoms. The fourth-order valence-electron chi connectivity index (χ4n) is 2.36. The van der Waals surface area contributed by atoms with Gasteiger partial charge in [0, 0.05) is 10.0 Å². The summed E-state index contributed by atoms with van der Waals surface area (Å²) in [6.07, 6.45) is -1.34. The summed E-state index contributed by atoms with van der Waals surface area (Å²) in [4.78, 5) is 0. The summed E-state index contributed by atoms with van der Waals surface area (Å²) in [5.74, 6) is 1.32. The van der Waals surface area contributed by atoms with Crippen molar-refractivity contribution in [3.05, 3.63) is 57.6 Å². The van der Waals surface area contributed by atoms with Gasteiger partial charge >= 0.3 is 0 Å². The first kappa shape index (κ1) is 17.4. The fourth-order valence-corrected chi connectivity index (χ4v) is 2.70. The standard InChI is InChI=1S/C18H18Cl2O4/c1-11-10-14(4-5-15(11)20)23-17-18(22-8-7-21-17)24-16-6-3-13(19)9-12(16)2/h3-6,9-10,17-18H,7-8H2,1-2H3. The zero-order valence-electron chi connectivity index (χ0n) is 13.4. The monoisotopic (exact) mass is 368 g/mol. The van der Waals surface area contributed by atoms with Crippen molar-refractivity contribution in [1.82, 2.24) is 0 Å². The van der Waals surface area contributed by atoms with Crippen LogP contribution in [-0.2, 0) is 9.47 Å². The molecule has 0 spiro atoms. The molecule has 2 aromatic rings. The molecule has 1 heterocycles. The Morgan fingerprint density at radius 3 is 2.25 bits per heavy atom. The van der Waals surface area contributed by atoms with Crippen molar-refractivity contribution in [2.75, 3.05) is 13.2 Å². The maximum atomic E-state index is 6.04. The van der Waals surface area contributed by atoms with E-state index < -0.39 is 12.6 Å². The summed E-state index contributed by atoms with van der Waals surface area (Å²) in [5, 5.41) is 1.35. The summed E-state index contributed by atoms with van der Waals surface area (Å²) in [7, 11) is 0. The second kappa shape index (κ2) is 7.62. The minimum Gasteiger partial charge on any atom is -0.458 e. The van der Waals surface area contributed by atoms with Gasteiger partial charge in [-0.1, -0.05) is 23.2 Å². The Balaban J connectivity index is 1.74. The van der Waals surface area contributed by atoms with Crippen molar-refractivity contribution in [2.24, 2.45) is 0 Å². The summed E-state index contributed by atoms with van der Waals surface area (Å²) in [6, 6.07) is 10.8. The first-order chi connectivity index (χ1) is 11.5. The predicted octanol–water partition coefficient (Wildman–Crippen LogP) is 4.77. The molecule has 1 fully saturated rings. The van der Waals surface area contributed by atoms with E-state index in [1.165, 1.54) is 0 Å². The second-order valence-electron chi connectivity index (χ2n) is 5.53. The molecule has 0 bridgehead atoms. The Morgan fingerprint density at radius 2 is 1.58 bits per heavy atom. The number of hydrogen-bond donors (Lipinski definition) is 0. The molecule has 0 radical (unpaired) electrons. The normalized spacial score (nSPS) is 20.7. The molecule has 1 aliphatic heterocycles. The average molecular weight is 369 g/mol. The fraction of sp³-hybridized carbons (Fsp3) is 0.333. The first-order valence-electron chi connectivity index (χ1n) is 7.62. The van der Waals surface area contributed by atoms with E-state index in [1.54, 1.807) is 24.3 Å². The van der Waals surface area contributed by atoms with Crippen LogP contribution >= 0.6 is 23.2 Å². The van der Waals surface area contributed by atoms with E-state index in [9.17, 15) is 0 Å². The maximum absolute atomic E-state index is 6.04. The smallest absolute Gasteiger partial charge is 0.263 e. The molecule has 2 aromatic carbocycles. The predicted molar refractivity (Wildman–Crippen MR) is 93.1 cm³/mol. The largest absolute Gasteiger partial charge is 0.458 e. The third-order valence-corrected chi connectivity index (χ3v) is 4.29. The van der Waals surface area contributed by atoms with Gasteiger partial charge in [0.05, 0.1) is 13.2 Å². The Morgan fingerprint density at radius 1 is 0.875 bits per heavy atom. The van der Waals surface area contributed by atoms with Crippen LogP contribution in [0.2, 0.25) is 10.0 Å². The van der Waals surface area contributed by atoms with E-state index in [0.29, 0.717) is 34.8 Å². The highest BCUT2D eigenvalue weighted by molar-refractivity contribution is 6.31. The van der Waals surface area contributed by atoms with E-state index in [1.807, 2.05) is 26.0 Å². The van der Waals surface area contributed by atoms with Gasteiger partial charge in [-0.2, -0.15) is 0 Å². The number of benzene rings is 2. The Bertz CT molecular complexity index is 720. The quantitative estimate of drug-likeness (QED) is 0.778. The van der Waals surface area contributed by atoms with Crippen molar-refractivity contribution in [3.8, 4) is 11.5 Å². The third-order valence-electron chi connectivity index (χ3n) is 3.63. The van der Waals surface area contributed by atoms with Crippen LogP contribution in [0, 0.1) is 13.8 Å². The lowest BCUT2D eigenvalue weighted by Crippen LogP contribution is -2.45. The number of aryl methyl sites for hydroxylation is 2. The molecular formula is C18H18Cl2O4. The van der Waals surface area contributed by atoms with Gasteiger partial charge in [-0.15, -0.1) is 0 Å². The lowest BCUT2D eigenvalue weighted by molar-refractivity contribution is -0.271. The first-order valence-corrected chi connectivity index (χ1v) is 8.37. The van der Waals surface area contributed by atoms with Gasteiger partial charge < -0.3 is 18.9 Å². The van der Waals surface area contributed by atoms with Gasteiger partial charge in [-0.3, -0.25) is 0 Å². The van der Waals surface area contributed by atoms with Gasteiger partial charge in [-0.25, -0.2) is 0 Å². The second-order valence-corrected chi connectivity index (χ2v) is 6.38. The number of rotatable bonds is 4. The molecule has 1 saturated heterocycles. The van der Waals surface area contributed by atoms with Crippen molar-refractivity contribution >= 4 is 23.2 Å². The van der Waals surface area contributed by atoms with Crippen LogP contribution in [-0.4, -0.2) is 25.8 Å². The van der Waals surface area contributed by atoms with Crippen LogP contribution in [0.15, 0.2) is 36.4 Å². The van der Waals surface area contributed by atoms with Crippen molar-refractivity contribution in [3.63, 3.8) is 0 Å². The molecule has 2 atom stereocenters. The Labute approximate surface area is 151 Å². The topological polar surface area (TPSA) is 36.9 Å². The number of ether oxygens (including phenoxy) is 4. The van der Waals surface area contributed by atoms with Gasteiger partial charge in [0.25, 0.3) is 12.6 Å². The lowest BCUT2D eigenvalue weighted by Gasteiger charge is -2.32. The van der Waals surface area contributed by atoms with E-state index in [0.717, 1.165) is 11.1 Å². The summed E-state index contributed by atoms with van der Waals surface area (Å²) < 4.78 is 23.1. The van der Waals surface area contributed by atoms with E-state index in [2.05, 4.69) is 0 Å².